The van der Waals surface area contributed by atoms with E-state index >= 15 is 0 Å². The highest BCUT2D eigenvalue weighted by Gasteiger charge is 2.44. The second kappa shape index (κ2) is 9.69. The first-order valence-electron chi connectivity index (χ1n) is 11.0. The van der Waals surface area contributed by atoms with Gasteiger partial charge in [-0.15, -0.1) is 0 Å². The Bertz CT molecular complexity index is 1170. The quantitative estimate of drug-likeness (QED) is 0.500. The lowest BCUT2D eigenvalue weighted by Gasteiger charge is -2.37. The molecule has 0 aliphatic carbocycles. The summed E-state index contributed by atoms with van der Waals surface area (Å²) in [6.07, 6.45) is 1.86. The molecule has 0 saturated carbocycles. The average Bonchev–Trinajstić information content (AvgIpc) is 3.29. The van der Waals surface area contributed by atoms with Crippen LogP contribution >= 0.6 is 11.6 Å². The predicted molar refractivity (Wildman–Crippen MR) is 124 cm³/mol. The number of carboxylic acid groups (broad SMARTS) is 1. The van der Waals surface area contributed by atoms with E-state index in [1.54, 1.807) is 18.2 Å². The number of hydrogen-bond acceptors (Lipinski definition) is 6. The number of hydrogen-bond donors (Lipinski definition) is 1. The van der Waals surface area contributed by atoms with Gasteiger partial charge in [0.2, 0.25) is 5.91 Å². The van der Waals surface area contributed by atoms with Crippen molar-refractivity contribution in [3.8, 4) is 6.07 Å². The van der Waals surface area contributed by atoms with Crippen molar-refractivity contribution in [2.75, 3.05) is 18.0 Å². The van der Waals surface area contributed by atoms with E-state index in [2.05, 4.69) is 0 Å². The van der Waals surface area contributed by atoms with Crippen LogP contribution in [-0.4, -0.2) is 45.9 Å². The zero-order valence-corrected chi connectivity index (χ0v) is 19.0. The fraction of sp³-hybridized carbons (Fsp3) is 0.375. The molecule has 10 heteroatoms. The molecule has 1 N–H and O–H groups in total. The van der Waals surface area contributed by atoms with Gasteiger partial charge in [0.05, 0.1) is 22.2 Å². The van der Waals surface area contributed by atoms with Gasteiger partial charge in [-0.25, -0.2) is 4.79 Å². The number of nitro benzene ring substituents is 1. The SMILES string of the molecule is N#Cc1cc([N+](=O)[O-])ccc1N1CCC(C(=O)N2[C@@H](c3ccccc3Cl)CC[C@H]2C(=O)O)CC1. The number of halogens is 1. The number of piperidine rings is 1. The molecule has 4 rings (SSSR count). The van der Waals surface area contributed by atoms with Gasteiger partial charge in [-0.2, -0.15) is 5.26 Å². The van der Waals surface area contributed by atoms with Crippen LogP contribution in [0.2, 0.25) is 5.02 Å². The van der Waals surface area contributed by atoms with Crippen LogP contribution in [0, 0.1) is 27.4 Å². The topological polar surface area (TPSA) is 128 Å². The molecule has 2 aliphatic rings. The summed E-state index contributed by atoms with van der Waals surface area (Å²) < 4.78 is 0. The van der Waals surface area contributed by atoms with Gasteiger partial charge in [0.1, 0.15) is 12.1 Å². The molecular formula is C24H23ClN4O5. The average molecular weight is 483 g/mol. The predicted octanol–water partition coefficient (Wildman–Crippen LogP) is 4.15. The number of likely N-dealkylation sites (tertiary alicyclic amines) is 1. The van der Waals surface area contributed by atoms with Crippen molar-refractivity contribution in [1.29, 1.82) is 5.26 Å². The lowest BCUT2D eigenvalue weighted by molar-refractivity contribution is -0.384. The van der Waals surface area contributed by atoms with E-state index in [0.29, 0.717) is 49.5 Å². The zero-order valence-electron chi connectivity index (χ0n) is 18.3. The largest absolute Gasteiger partial charge is 0.480 e. The molecule has 2 aromatic rings. The Morgan fingerprint density at radius 2 is 1.82 bits per heavy atom. The number of amides is 1. The first kappa shape index (κ1) is 23.5. The maximum absolute atomic E-state index is 13.6. The van der Waals surface area contributed by atoms with Gasteiger partial charge in [0.25, 0.3) is 5.69 Å². The van der Waals surface area contributed by atoms with E-state index in [1.165, 1.54) is 17.0 Å². The normalized spacial score (nSPS) is 20.7. The van der Waals surface area contributed by atoms with Crippen molar-refractivity contribution in [1.82, 2.24) is 4.90 Å². The minimum atomic E-state index is -1.02. The van der Waals surface area contributed by atoms with Crippen molar-refractivity contribution in [3.05, 3.63) is 68.7 Å². The van der Waals surface area contributed by atoms with Crippen LogP contribution in [0.15, 0.2) is 42.5 Å². The summed E-state index contributed by atoms with van der Waals surface area (Å²) in [6, 6.07) is 12.1. The van der Waals surface area contributed by atoms with E-state index in [-0.39, 0.29) is 29.1 Å². The number of nitrogens with zero attached hydrogens (tertiary/aromatic N) is 4. The van der Waals surface area contributed by atoms with Gasteiger partial charge < -0.3 is 14.9 Å². The molecule has 2 atom stereocenters. The number of nitriles is 1. The fourth-order valence-corrected chi connectivity index (χ4v) is 5.25. The number of carboxylic acids is 1. The van der Waals surface area contributed by atoms with Gasteiger partial charge in [0.15, 0.2) is 0 Å². The van der Waals surface area contributed by atoms with Crippen LogP contribution in [0.3, 0.4) is 0 Å². The molecule has 2 aromatic carbocycles. The minimum absolute atomic E-state index is 0.148. The van der Waals surface area contributed by atoms with Crippen LogP contribution < -0.4 is 4.90 Å². The molecule has 2 heterocycles. The number of benzene rings is 2. The van der Waals surface area contributed by atoms with E-state index in [0.717, 1.165) is 5.56 Å². The highest BCUT2D eigenvalue weighted by Crippen LogP contribution is 2.41. The summed E-state index contributed by atoms with van der Waals surface area (Å²) in [5.41, 5.74) is 1.41. The molecule has 1 amide bonds. The third-order valence-electron chi connectivity index (χ3n) is 6.69. The molecule has 0 bridgehead atoms. The number of carbonyl (C=O) groups is 2. The van der Waals surface area contributed by atoms with Gasteiger partial charge in [-0.05, 0) is 43.4 Å². The van der Waals surface area contributed by atoms with Gasteiger partial charge >= 0.3 is 5.97 Å². The third-order valence-corrected chi connectivity index (χ3v) is 7.03. The van der Waals surface area contributed by atoms with Crippen molar-refractivity contribution in [2.24, 2.45) is 5.92 Å². The first-order valence-corrected chi connectivity index (χ1v) is 11.4. The maximum atomic E-state index is 13.6. The molecule has 176 valence electrons. The maximum Gasteiger partial charge on any atom is 0.326 e. The smallest absolute Gasteiger partial charge is 0.326 e. The summed E-state index contributed by atoms with van der Waals surface area (Å²) in [4.78, 5) is 39.4. The van der Waals surface area contributed by atoms with Crippen molar-refractivity contribution >= 4 is 34.9 Å². The summed E-state index contributed by atoms with van der Waals surface area (Å²) in [6.45, 7) is 0.955. The Morgan fingerprint density at radius 3 is 2.44 bits per heavy atom. The highest BCUT2D eigenvalue weighted by atomic mass is 35.5. The van der Waals surface area contributed by atoms with Gasteiger partial charge in [-0.3, -0.25) is 14.9 Å². The van der Waals surface area contributed by atoms with Crippen molar-refractivity contribution in [3.63, 3.8) is 0 Å². The number of carbonyl (C=O) groups excluding carboxylic acids is 1. The number of non-ortho nitro benzene ring substituents is 1. The number of aliphatic carboxylic acids is 1. The standard InChI is InChI=1S/C24H23ClN4O5/c25-19-4-2-1-3-18(19)21-7-8-22(24(31)32)28(21)23(30)15-9-11-27(12-10-15)20-6-5-17(29(33)34)13-16(20)14-26/h1-6,13,15,21-22H,7-12H2,(H,31,32)/t21-,22+/m1/s1. The van der Waals surface area contributed by atoms with Gasteiger partial charge in [-0.1, -0.05) is 29.8 Å². The lowest BCUT2D eigenvalue weighted by atomic mass is 9.93. The van der Waals surface area contributed by atoms with Crippen LogP contribution in [0.1, 0.15) is 42.9 Å². The zero-order chi connectivity index (χ0) is 24.4. The molecule has 0 aromatic heterocycles. The second-order valence-corrected chi connectivity index (χ2v) is 8.95. The molecule has 9 nitrogen and oxygen atoms in total. The van der Waals surface area contributed by atoms with Crippen LogP contribution in [0.4, 0.5) is 11.4 Å². The fourth-order valence-electron chi connectivity index (χ4n) is 4.99. The van der Waals surface area contributed by atoms with Crippen LogP contribution in [0.25, 0.3) is 0 Å². The molecule has 0 spiro atoms. The molecular weight excluding hydrogens is 460 g/mol. The minimum Gasteiger partial charge on any atom is -0.480 e. The van der Waals surface area contributed by atoms with E-state index in [1.807, 2.05) is 23.1 Å². The van der Waals surface area contributed by atoms with E-state index < -0.39 is 16.9 Å². The Labute approximate surface area is 201 Å². The first-order chi connectivity index (χ1) is 16.3. The number of rotatable bonds is 5. The lowest BCUT2D eigenvalue weighted by Crippen LogP contribution is -2.47. The Hall–Kier alpha value is -3.64. The third kappa shape index (κ3) is 4.41. The van der Waals surface area contributed by atoms with Gasteiger partial charge in [0, 0.05) is 36.2 Å². The van der Waals surface area contributed by atoms with E-state index in [4.69, 9.17) is 11.6 Å². The number of anilines is 1. The second-order valence-electron chi connectivity index (χ2n) is 8.55. The summed E-state index contributed by atoms with van der Waals surface area (Å²) in [5, 5.41) is 30.7. The molecule has 34 heavy (non-hydrogen) atoms. The Kier molecular flexibility index (Phi) is 6.70. The Morgan fingerprint density at radius 1 is 1.12 bits per heavy atom. The molecule has 2 saturated heterocycles. The number of nitro groups is 1. The van der Waals surface area contributed by atoms with Crippen LogP contribution in [0.5, 0.6) is 0 Å². The van der Waals surface area contributed by atoms with Crippen LogP contribution in [-0.2, 0) is 9.59 Å². The summed E-state index contributed by atoms with van der Waals surface area (Å²) in [5.74, 6) is -1.58. The monoisotopic (exact) mass is 482 g/mol. The molecule has 2 aliphatic heterocycles. The van der Waals surface area contributed by atoms with E-state index in [9.17, 15) is 30.1 Å². The highest BCUT2D eigenvalue weighted by molar-refractivity contribution is 6.31. The molecule has 0 unspecified atom stereocenters. The summed E-state index contributed by atoms with van der Waals surface area (Å²) in [7, 11) is 0. The molecule has 2 fully saturated rings. The molecule has 0 radical (unpaired) electrons. The van der Waals surface area contributed by atoms with Crippen molar-refractivity contribution < 1.29 is 19.6 Å². The Balaban J connectivity index is 1.52. The van der Waals surface area contributed by atoms with Crippen molar-refractivity contribution in [2.45, 2.75) is 37.8 Å². The summed E-state index contributed by atoms with van der Waals surface area (Å²) >= 11 is 6.37.